The minimum atomic E-state index is -0.406. The van der Waals surface area contributed by atoms with Crippen molar-refractivity contribution in [2.24, 2.45) is 16.9 Å². The van der Waals surface area contributed by atoms with Gasteiger partial charge in [-0.25, -0.2) is 0 Å². The Balaban J connectivity index is 1.63. The highest BCUT2D eigenvalue weighted by Crippen LogP contribution is 2.40. The lowest BCUT2D eigenvalue weighted by Gasteiger charge is -2.31. The standard InChI is InChI=1S/C13H13N3O2/c17-16(18)11-6-4-10(5-7-11)14-15-13-8-9-2-1-3-12(9)13/h1-2,4-7,9,12,14H,3,8H2. The zero-order valence-corrected chi connectivity index (χ0v) is 9.74. The average Bonchev–Trinajstić information content (AvgIpc) is 2.72. The van der Waals surface area contributed by atoms with Crippen LogP contribution < -0.4 is 5.43 Å². The van der Waals surface area contributed by atoms with E-state index < -0.39 is 4.92 Å². The summed E-state index contributed by atoms with van der Waals surface area (Å²) in [5.41, 5.74) is 5.03. The summed E-state index contributed by atoms with van der Waals surface area (Å²) in [6.45, 7) is 0. The fourth-order valence-electron chi connectivity index (χ4n) is 2.46. The van der Waals surface area contributed by atoms with Gasteiger partial charge in [0.15, 0.2) is 0 Å². The molecule has 0 bridgehead atoms. The van der Waals surface area contributed by atoms with Gasteiger partial charge in [0.05, 0.1) is 10.6 Å². The van der Waals surface area contributed by atoms with Crippen molar-refractivity contribution in [1.29, 1.82) is 0 Å². The van der Waals surface area contributed by atoms with Crippen molar-refractivity contribution < 1.29 is 4.92 Å². The largest absolute Gasteiger partial charge is 0.279 e. The Kier molecular flexibility index (Phi) is 2.59. The van der Waals surface area contributed by atoms with Crippen LogP contribution in [0.1, 0.15) is 12.8 Å². The van der Waals surface area contributed by atoms with E-state index in [0.29, 0.717) is 11.8 Å². The Morgan fingerprint density at radius 3 is 2.78 bits per heavy atom. The van der Waals surface area contributed by atoms with E-state index in [0.717, 1.165) is 18.5 Å². The quantitative estimate of drug-likeness (QED) is 0.504. The predicted octanol–water partition coefficient (Wildman–Crippen LogP) is 2.96. The molecular weight excluding hydrogens is 230 g/mol. The molecule has 18 heavy (non-hydrogen) atoms. The van der Waals surface area contributed by atoms with Crippen molar-refractivity contribution in [3.05, 3.63) is 46.5 Å². The second-order valence-electron chi connectivity index (χ2n) is 4.66. The van der Waals surface area contributed by atoms with E-state index >= 15 is 0 Å². The van der Waals surface area contributed by atoms with Crippen molar-refractivity contribution in [2.75, 3.05) is 5.43 Å². The Labute approximate surface area is 104 Å². The number of rotatable bonds is 3. The molecule has 1 aromatic carbocycles. The SMILES string of the molecule is O=[N+]([O-])c1ccc(NN=C2CC3C=CCC23)cc1. The molecule has 2 unspecified atom stereocenters. The maximum Gasteiger partial charge on any atom is 0.269 e. The molecule has 92 valence electrons. The van der Waals surface area contributed by atoms with E-state index in [-0.39, 0.29) is 5.69 Å². The van der Waals surface area contributed by atoms with Crippen molar-refractivity contribution in [1.82, 2.24) is 0 Å². The number of nitro benzene ring substituents is 1. The maximum atomic E-state index is 10.5. The van der Waals surface area contributed by atoms with Crippen LogP contribution in [0.15, 0.2) is 41.5 Å². The highest BCUT2D eigenvalue weighted by Gasteiger charge is 2.37. The first-order valence-corrected chi connectivity index (χ1v) is 5.97. The molecule has 2 aliphatic rings. The van der Waals surface area contributed by atoms with Gasteiger partial charge in [-0.2, -0.15) is 5.10 Å². The molecule has 1 fully saturated rings. The lowest BCUT2D eigenvalue weighted by Crippen LogP contribution is -2.33. The number of hydrazone groups is 1. The number of nitrogens with zero attached hydrogens (tertiary/aromatic N) is 2. The van der Waals surface area contributed by atoms with Gasteiger partial charge in [-0.1, -0.05) is 12.2 Å². The fourth-order valence-corrected chi connectivity index (χ4v) is 2.46. The van der Waals surface area contributed by atoms with Crippen LogP contribution in [0.5, 0.6) is 0 Å². The maximum absolute atomic E-state index is 10.5. The van der Waals surface area contributed by atoms with Gasteiger partial charge < -0.3 is 0 Å². The third kappa shape index (κ3) is 1.88. The highest BCUT2D eigenvalue weighted by molar-refractivity contribution is 5.94. The van der Waals surface area contributed by atoms with Crippen LogP contribution in [0.4, 0.5) is 11.4 Å². The minimum absolute atomic E-state index is 0.0944. The molecule has 3 rings (SSSR count). The molecule has 2 atom stereocenters. The van der Waals surface area contributed by atoms with Crippen LogP contribution in [0.3, 0.4) is 0 Å². The molecule has 0 aliphatic heterocycles. The number of nitrogens with one attached hydrogen (secondary N) is 1. The second kappa shape index (κ2) is 4.25. The van der Waals surface area contributed by atoms with Crippen molar-refractivity contribution in [3.63, 3.8) is 0 Å². The zero-order chi connectivity index (χ0) is 12.5. The zero-order valence-electron chi connectivity index (χ0n) is 9.74. The van der Waals surface area contributed by atoms with Crippen LogP contribution >= 0.6 is 0 Å². The molecule has 1 saturated carbocycles. The predicted molar refractivity (Wildman–Crippen MR) is 69.5 cm³/mol. The summed E-state index contributed by atoms with van der Waals surface area (Å²) in [6.07, 6.45) is 6.59. The summed E-state index contributed by atoms with van der Waals surface area (Å²) in [7, 11) is 0. The van der Waals surface area contributed by atoms with E-state index in [2.05, 4.69) is 22.7 Å². The fraction of sp³-hybridized carbons (Fsp3) is 0.308. The van der Waals surface area contributed by atoms with E-state index in [1.54, 1.807) is 12.1 Å². The first-order chi connectivity index (χ1) is 8.74. The number of benzene rings is 1. The molecule has 0 spiro atoms. The van der Waals surface area contributed by atoms with Crippen molar-refractivity contribution in [2.45, 2.75) is 12.8 Å². The molecule has 0 amide bonds. The van der Waals surface area contributed by atoms with Gasteiger partial charge >= 0.3 is 0 Å². The highest BCUT2D eigenvalue weighted by atomic mass is 16.6. The molecule has 5 heteroatoms. The molecule has 1 N–H and O–H groups in total. The molecule has 1 aromatic rings. The summed E-state index contributed by atoms with van der Waals surface area (Å²) in [5, 5.41) is 14.9. The van der Waals surface area contributed by atoms with E-state index in [1.807, 2.05) is 0 Å². The molecule has 5 nitrogen and oxygen atoms in total. The molecule has 0 heterocycles. The Hall–Kier alpha value is -2.17. The van der Waals surface area contributed by atoms with Gasteiger partial charge in [-0.3, -0.25) is 15.5 Å². The molecule has 0 radical (unpaired) electrons. The Morgan fingerprint density at radius 1 is 1.33 bits per heavy atom. The third-order valence-electron chi connectivity index (χ3n) is 3.57. The van der Waals surface area contributed by atoms with E-state index in [4.69, 9.17) is 0 Å². The second-order valence-corrected chi connectivity index (χ2v) is 4.66. The molecule has 0 aromatic heterocycles. The first kappa shape index (κ1) is 11.0. The van der Waals surface area contributed by atoms with Crippen LogP contribution in [0, 0.1) is 22.0 Å². The number of hydrogen-bond acceptors (Lipinski definition) is 4. The number of nitro groups is 1. The van der Waals surface area contributed by atoms with Gasteiger partial charge in [-0.15, -0.1) is 0 Å². The normalized spacial score (nSPS) is 26.8. The number of anilines is 1. The van der Waals surface area contributed by atoms with Crippen LogP contribution in [0.2, 0.25) is 0 Å². The third-order valence-corrected chi connectivity index (χ3v) is 3.57. The van der Waals surface area contributed by atoms with Crippen LogP contribution in [-0.4, -0.2) is 10.6 Å². The van der Waals surface area contributed by atoms with Gasteiger partial charge in [-0.05, 0) is 30.9 Å². The summed E-state index contributed by atoms with van der Waals surface area (Å²) >= 11 is 0. The number of fused-ring (bicyclic) bond motifs is 1. The number of non-ortho nitro benzene ring substituents is 1. The number of allylic oxidation sites excluding steroid dienone is 2. The van der Waals surface area contributed by atoms with Gasteiger partial charge in [0.1, 0.15) is 0 Å². The smallest absolute Gasteiger partial charge is 0.269 e. The van der Waals surface area contributed by atoms with E-state index in [9.17, 15) is 10.1 Å². The van der Waals surface area contributed by atoms with Crippen LogP contribution in [0.25, 0.3) is 0 Å². The van der Waals surface area contributed by atoms with Crippen molar-refractivity contribution >= 4 is 17.1 Å². The summed E-state index contributed by atoms with van der Waals surface area (Å²) < 4.78 is 0. The molecule has 2 aliphatic carbocycles. The summed E-state index contributed by atoms with van der Waals surface area (Å²) in [6, 6.07) is 6.29. The van der Waals surface area contributed by atoms with Gasteiger partial charge in [0.25, 0.3) is 5.69 Å². The Morgan fingerprint density at radius 2 is 2.11 bits per heavy atom. The van der Waals surface area contributed by atoms with Crippen molar-refractivity contribution in [3.8, 4) is 0 Å². The van der Waals surface area contributed by atoms with Crippen LogP contribution in [-0.2, 0) is 0 Å². The monoisotopic (exact) mass is 243 g/mol. The Bertz CT molecular complexity index is 534. The van der Waals surface area contributed by atoms with Gasteiger partial charge in [0.2, 0.25) is 0 Å². The summed E-state index contributed by atoms with van der Waals surface area (Å²) in [5.74, 6) is 1.26. The van der Waals surface area contributed by atoms with Gasteiger partial charge in [0, 0.05) is 23.8 Å². The molecule has 0 saturated heterocycles. The lowest BCUT2D eigenvalue weighted by molar-refractivity contribution is -0.384. The summed E-state index contributed by atoms with van der Waals surface area (Å²) in [4.78, 5) is 10.1. The number of hydrogen-bond donors (Lipinski definition) is 1. The molecular formula is C13H13N3O2. The average molecular weight is 243 g/mol. The first-order valence-electron chi connectivity index (χ1n) is 5.97. The van der Waals surface area contributed by atoms with E-state index in [1.165, 1.54) is 17.8 Å². The lowest BCUT2D eigenvalue weighted by atomic mass is 9.74. The topological polar surface area (TPSA) is 67.5 Å². The minimum Gasteiger partial charge on any atom is -0.279 e.